The van der Waals surface area contributed by atoms with Crippen LogP contribution in [0.15, 0.2) is 0 Å². The molecule has 0 aromatic rings. The van der Waals surface area contributed by atoms with E-state index in [1.165, 1.54) is 19.3 Å². The Labute approximate surface area is 180 Å². The third-order valence-electron chi connectivity index (χ3n) is 10.7. The zero-order valence-electron chi connectivity index (χ0n) is 18.9. The Morgan fingerprint density at radius 1 is 0.800 bits per heavy atom. The highest BCUT2D eigenvalue weighted by Crippen LogP contribution is 2.68. The smallest absolute Gasteiger partial charge is 0.169 e. The molecule has 5 nitrogen and oxygen atoms in total. The molecule has 2 heterocycles. The van der Waals surface area contributed by atoms with Gasteiger partial charge in [-0.2, -0.15) is 0 Å². The second-order valence-corrected chi connectivity index (χ2v) is 11.8. The van der Waals surface area contributed by atoms with Crippen LogP contribution in [0.5, 0.6) is 0 Å². The number of ketones is 1. The monoisotopic (exact) mass is 418 g/mol. The zero-order chi connectivity index (χ0) is 20.8. The molecule has 168 valence electrons. The number of carbonyl (C=O) groups is 1. The summed E-state index contributed by atoms with van der Waals surface area (Å²) in [5, 5.41) is 0. The third kappa shape index (κ3) is 2.58. The minimum atomic E-state index is -0.508. The number of ether oxygens (including phenoxy) is 4. The summed E-state index contributed by atoms with van der Waals surface area (Å²) in [4.78, 5) is 13.9. The minimum absolute atomic E-state index is 0.00804. The molecular formula is C25H38O5. The van der Waals surface area contributed by atoms with Gasteiger partial charge in [-0.15, -0.1) is 0 Å². The van der Waals surface area contributed by atoms with E-state index in [0.29, 0.717) is 49.1 Å². The Bertz CT molecular complexity index is 723. The van der Waals surface area contributed by atoms with Crippen LogP contribution in [0, 0.1) is 40.4 Å². The van der Waals surface area contributed by atoms with Crippen molar-refractivity contribution in [3.05, 3.63) is 0 Å². The summed E-state index contributed by atoms with van der Waals surface area (Å²) < 4.78 is 24.4. The number of hydrogen-bond donors (Lipinski definition) is 0. The minimum Gasteiger partial charge on any atom is -0.348 e. The second kappa shape index (κ2) is 6.52. The van der Waals surface area contributed by atoms with Gasteiger partial charge < -0.3 is 18.9 Å². The molecule has 6 fully saturated rings. The maximum Gasteiger partial charge on any atom is 0.169 e. The molecule has 0 unspecified atom stereocenters. The lowest BCUT2D eigenvalue weighted by Gasteiger charge is -2.61. The van der Waals surface area contributed by atoms with E-state index in [-0.39, 0.29) is 22.5 Å². The summed E-state index contributed by atoms with van der Waals surface area (Å²) in [6, 6.07) is 0. The van der Waals surface area contributed by atoms with E-state index in [2.05, 4.69) is 20.8 Å². The molecule has 2 saturated heterocycles. The molecule has 0 aromatic heterocycles. The summed E-state index contributed by atoms with van der Waals surface area (Å²) in [7, 11) is 0. The van der Waals surface area contributed by atoms with Crippen LogP contribution < -0.4 is 0 Å². The summed E-state index contributed by atoms with van der Waals surface area (Å²) >= 11 is 0. The summed E-state index contributed by atoms with van der Waals surface area (Å²) in [5.74, 6) is 1.86. The Balaban J connectivity index is 1.29. The molecule has 30 heavy (non-hydrogen) atoms. The van der Waals surface area contributed by atoms with E-state index < -0.39 is 5.79 Å². The molecule has 0 bridgehead atoms. The van der Waals surface area contributed by atoms with Crippen LogP contribution in [-0.2, 0) is 23.7 Å². The van der Waals surface area contributed by atoms with E-state index >= 15 is 0 Å². The second-order valence-electron chi connectivity index (χ2n) is 11.8. The number of carbonyl (C=O) groups excluding carboxylic acids is 1. The average molecular weight is 419 g/mol. The van der Waals surface area contributed by atoms with Crippen LogP contribution in [-0.4, -0.2) is 43.8 Å². The van der Waals surface area contributed by atoms with Crippen LogP contribution >= 0.6 is 0 Å². The van der Waals surface area contributed by atoms with Crippen molar-refractivity contribution in [1.82, 2.24) is 0 Å². The van der Waals surface area contributed by atoms with Crippen LogP contribution in [0.25, 0.3) is 0 Å². The fourth-order valence-corrected chi connectivity index (χ4v) is 9.36. The normalized spacial score (nSPS) is 51.6. The highest BCUT2D eigenvalue weighted by molar-refractivity contribution is 5.84. The molecule has 6 aliphatic rings. The van der Waals surface area contributed by atoms with Crippen molar-refractivity contribution in [3.8, 4) is 0 Å². The Morgan fingerprint density at radius 3 is 2.23 bits per heavy atom. The Kier molecular flexibility index (Phi) is 4.38. The first kappa shape index (κ1) is 20.1. The van der Waals surface area contributed by atoms with Gasteiger partial charge in [0.2, 0.25) is 0 Å². The molecule has 4 aliphatic carbocycles. The molecule has 4 saturated carbocycles. The third-order valence-corrected chi connectivity index (χ3v) is 10.7. The van der Waals surface area contributed by atoms with Gasteiger partial charge in [0.15, 0.2) is 11.6 Å². The molecule has 1 spiro atoms. The van der Waals surface area contributed by atoms with Crippen molar-refractivity contribution >= 4 is 5.78 Å². The lowest BCUT2D eigenvalue weighted by molar-refractivity contribution is -0.234. The van der Waals surface area contributed by atoms with E-state index in [4.69, 9.17) is 18.9 Å². The maximum atomic E-state index is 13.9. The predicted molar refractivity (Wildman–Crippen MR) is 111 cm³/mol. The molecule has 6 rings (SSSR count). The van der Waals surface area contributed by atoms with E-state index in [1.54, 1.807) is 0 Å². The molecule has 7 atom stereocenters. The van der Waals surface area contributed by atoms with Gasteiger partial charge in [-0.1, -0.05) is 13.8 Å². The van der Waals surface area contributed by atoms with Crippen molar-refractivity contribution in [1.29, 1.82) is 0 Å². The number of fused-ring (bicyclic) bond motifs is 5. The molecule has 5 heteroatoms. The van der Waals surface area contributed by atoms with E-state index in [9.17, 15) is 4.79 Å². The van der Waals surface area contributed by atoms with E-state index in [0.717, 1.165) is 38.9 Å². The standard InChI is InChI=1S/C25H38O5/c1-22-8-9-25(29-12-13-30-25)14-16(22)4-5-17-18-6-7-20(24(3)27-10-11-28-24)23(18,2)15-19(26)21(17)22/h16-18,20-21H,4-15H2,1-3H3/t16-,17+,18+,20+,21-,22-,23-/m0/s1. The average Bonchev–Trinajstić information content (AvgIpc) is 3.41. The highest BCUT2D eigenvalue weighted by Gasteiger charge is 2.67. The topological polar surface area (TPSA) is 54.0 Å². The zero-order valence-corrected chi connectivity index (χ0v) is 18.9. The molecular weight excluding hydrogens is 380 g/mol. The highest BCUT2D eigenvalue weighted by atomic mass is 16.7. The van der Waals surface area contributed by atoms with Crippen molar-refractivity contribution in [3.63, 3.8) is 0 Å². The largest absolute Gasteiger partial charge is 0.348 e. The van der Waals surface area contributed by atoms with Crippen LogP contribution in [0.2, 0.25) is 0 Å². The maximum absolute atomic E-state index is 13.9. The first-order chi connectivity index (χ1) is 14.3. The van der Waals surface area contributed by atoms with Crippen molar-refractivity contribution < 1.29 is 23.7 Å². The van der Waals surface area contributed by atoms with Gasteiger partial charge in [-0.05, 0) is 67.6 Å². The van der Waals surface area contributed by atoms with Crippen molar-refractivity contribution in [2.45, 2.75) is 83.7 Å². The summed E-state index contributed by atoms with van der Waals surface area (Å²) in [5.41, 5.74) is 0.109. The quantitative estimate of drug-likeness (QED) is 0.634. The predicted octanol–water partition coefficient (Wildman–Crippen LogP) is 4.33. The van der Waals surface area contributed by atoms with Crippen LogP contribution in [0.3, 0.4) is 0 Å². The lowest BCUT2D eigenvalue weighted by atomic mass is 9.44. The van der Waals surface area contributed by atoms with Crippen LogP contribution in [0.1, 0.15) is 72.1 Å². The molecule has 0 N–H and O–H groups in total. The number of rotatable bonds is 1. The van der Waals surface area contributed by atoms with Gasteiger partial charge in [0, 0.05) is 31.1 Å². The van der Waals surface area contributed by atoms with Crippen molar-refractivity contribution in [2.24, 2.45) is 40.4 Å². The van der Waals surface area contributed by atoms with Gasteiger partial charge in [0.25, 0.3) is 0 Å². The molecule has 2 aliphatic heterocycles. The first-order valence-electron chi connectivity index (χ1n) is 12.4. The van der Waals surface area contributed by atoms with Crippen LogP contribution in [0.4, 0.5) is 0 Å². The lowest BCUT2D eigenvalue weighted by Crippen LogP contribution is -2.60. The number of Topliss-reactive ketones (excluding diaryl/α,β-unsaturated/α-hetero) is 1. The van der Waals surface area contributed by atoms with Crippen molar-refractivity contribution in [2.75, 3.05) is 26.4 Å². The SMILES string of the molecule is CC1([C@@H]2CC[C@@H]3[C@H]4CC[C@H]5CC6(CC[C@]5(C)[C@@H]4C(=O)C[C@@]32C)OCCO6)OCCO1. The molecule has 0 radical (unpaired) electrons. The van der Waals surface area contributed by atoms with Gasteiger partial charge >= 0.3 is 0 Å². The summed E-state index contributed by atoms with van der Waals surface area (Å²) in [6.45, 7) is 9.73. The first-order valence-corrected chi connectivity index (χ1v) is 12.4. The number of hydrogen-bond acceptors (Lipinski definition) is 5. The fourth-order valence-electron chi connectivity index (χ4n) is 9.36. The van der Waals surface area contributed by atoms with Gasteiger partial charge in [-0.3, -0.25) is 4.79 Å². The molecule has 0 amide bonds. The summed E-state index contributed by atoms with van der Waals surface area (Å²) in [6.07, 6.45) is 8.41. The Morgan fingerprint density at radius 2 is 1.50 bits per heavy atom. The van der Waals surface area contributed by atoms with Gasteiger partial charge in [0.05, 0.1) is 26.4 Å². The molecule has 0 aromatic carbocycles. The Hall–Kier alpha value is -0.490. The van der Waals surface area contributed by atoms with Gasteiger partial charge in [-0.25, -0.2) is 0 Å². The van der Waals surface area contributed by atoms with Gasteiger partial charge in [0.1, 0.15) is 5.78 Å². The van der Waals surface area contributed by atoms with E-state index in [1.807, 2.05) is 0 Å². The fraction of sp³-hybridized carbons (Fsp3) is 0.960.